The van der Waals surface area contributed by atoms with Crippen LogP contribution in [0, 0.1) is 0 Å². The van der Waals surface area contributed by atoms with Gasteiger partial charge in [0, 0.05) is 17.7 Å². The predicted octanol–water partition coefficient (Wildman–Crippen LogP) is 1.84. The van der Waals surface area contributed by atoms with Crippen LogP contribution in [0.25, 0.3) is 0 Å². The van der Waals surface area contributed by atoms with Crippen molar-refractivity contribution >= 4 is 41.0 Å². The quantitative estimate of drug-likeness (QED) is 0.918. The third-order valence-electron chi connectivity index (χ3n) is 3.03. The van der Waals surface area contributed by atoms with Crippen molar-refractivity contribution in [1.82, 2.24) is 4.98 Å². The summed E-state index contributed by atoms with van der Waals surface area (Å²) >= 11 is 7.85. The Bertz CT molecular complexity index is 565. The first-order valence-electron chi connectivity index (χ1n) is 6.09. The number of carboxylic acids is 1. The number of aromatic nitrogens is 1. The zero-order valence-electron chi connectivity index (χ0n) is 10.4. The average molecular weight is 314 g/mol. The molecule has 1 N–H and O–H groups in total. The van der Waals surface area contributed by atoms with Crippen molar-refractivity contribution in [2.24, 2.45) is 5.10 Å². The molecule has 3 rings (SSSR count). The van der Waals surface area contributed by atoms with Crippen LogP contribution in [-0.4, -0.2) is 45.6 Å². The number of carboxylic acid groups (broad SMARTS) is 1. The first-order valence-corrected chi connectivity index (χ1v) is 7.63. The van der Waals surface area contributed by atoms with Gasteiger partial charge < -0.3 is 9.84 Å². The molecule has 0 bridgehead atoms. The number of halogens is 1. The summed E-state index contributed by atoms with van der Waals surface area (Å²) < 4.78 is 5.67. The normalized spacial score (nSPS) is 22.4. The van der Waals surface area contributed by atoms with E-state index in [2.05, 4.69) is 10.1 Å². The van der Waals surface area contributed by atoms with Crippen molar-refractivity contribution in [2.75, 3.05) is 16.5 Å². The summed E-state index contributed by atoms with van der Waals surface area (Å²) in [6.45, 7) is 0. The van der Waals surface area contributed by atoms with Crippen molar-refractivity contribution in [3.05, 3.63) is 23.4 Å². The summed E-state index contributed by atoms with van der Waals surface area (Å²) in [5, 5.41) is 15.2. The first kappa shape index (κ1) is 13.5. The van der Waals surface area contributed by atoms with Gasteiger partial charge in [0.25, 0.3) is 0 Å². The fourth-order valence-corrected chi connectivity index (χ4v) is 2.73. The van der Waals surface area contributed by atoms with Crippen molar-refractivity contribution in [2.45, 2.75) is 18.6 Å². The van der Waals surface area contributed by atoms with Gasteiger partial charge in [-0.05, 0) is 12.1 Å². The molecule has 2 aliphatic rings. The van der Waals surface area contributed by atoms with Crippen LogP contribution >= 0.6 is 23.4 Å². The van der Waals surface area contributed by atoms with E-state index in [4.69, 9.17) is 16.3 Å². The zero-order valence-corrected chi connectivity index (χ0v) is 12.0. The molecule has 20 heavy (non-hydrogen) atoms. The van der Waals surface area contributed by atoms with E-state index < -0.39 is 12.0 Å². The highest BCUT2D eigenvalue weighted by Gasteiger charge is 2.37. The molecule has 1 saturated heterocycles. The molecule has 8 heteroatoms. The monoisotopic (exact) mass is 313 g/mol. The Morgan fingerprint density at radius 2 is 2.35 bits per heavy atom. The molecule has 6 nitrogen and oxygen atoms in total. The lowest BCUT2D eigenvalue weighted by molar-refractivity contribution is -0.138. The lowest BCUT2D eigenvalue weighted by Crippen LogP contribution is -2.35. The Morgan fingerprint density at radius 3 is 2.95 bits per heavy atom. The lowest BCUT2D eigenvalue weighted by Gasteiger charge is -2.25. The van der Waals surface area contributed by atoms with E-state index in [0.717, 1.165) is 11.5 Å². The number of rotatable bonds is 3. The van der Waals surface area contributed by atoms with Crippen molar-refractivity contribution in [3.8, 4) is 0 Å². The SMILES string of the molecule is O=C(O)C1CC(OC2CSC2)=NN1c1ncccc1Cl. The van der Waals surface area contributed by atoms with Crippen LogP contribution in [0.2, 0.25) is 5.02 Å². The van der Waals surface area contributed by atoms with E-state index in [9.17, 15) is 9.90 Å². The van der Waals surface area contributed by atoms with Crippen LogP contribution in [0.1, 0.15) is 6.42 Å². The number of pyridine rings is 1. The Hall–Kier alpha value is -1.47. The summed E-state index contributed by atoms with van der Waals surface area (Å²) in [4.78, 5) is 15.5. The number of hydrazone groups is 1. The third kappa shape index (κ3) is 2.55. The van der Waals surface area contributed by atoms with Crippen LogP contribution < -0.4 is 5.01 Å². The van der Waals surface area contributed by atoms with E-state index in [1.807, 2.05) is 0 Å². The van der Waals surface area contributed by atoms with Crippen LogP contribution in [-0.2, 0) is 9.53 Å². The number of hydrogen-bond acceptors (Lipinski definition) is 6. The maximum Gasteiger partial charge on any atom is 0.329 e. The summed E-state index contributed by atoms with van der Waals surface area (Å²) in [6, 6.07) is 2.51. The van der Waals surface area contributed by atoms with Gasteiger partial charge in [-0.3, -0.25) is 0 Å². The van der Waals surface area contributed by atoms with Crippen LogP contribution in [0.3, 0.4) is 0 Å². The minimum atomic E-state index is -0.975. The molecule has 1 aromatic rings. The molecule has 2 aliphatic heterocycles. The van der Waals surface area contributed by atoms with Gasteiger partial charge in [-0.15, -0.1) is 5.10 Å². The van der Waals surface area contributed by atoms with Gasteiger partial charge in [-0.2, -0.15) is 11.8 Å². The Labute approximate surface area is 124 Å². The number of nitrogens with zero attached hydrogens (tertiary/aromatic N) is 3. The molecule has 0 radical (unpaired) electrons. The topological polar surface area (TPSA) is 75.0 Å². The second kappa shape index (κ2) is 5.49. The van der Waals surface area contributed by atoms with E-state index in [1.165, 1.54) is 5.01 Å². The molecule has 3 heterocycles. The largest absolute Gasteiger partial charge is 0.480 e. The molecule has 1 atom stereocenters. The van der Waals surface area contributed by atoms with Gasteiger partial charge in [0.15, 0.2) is 11.9 Å². The fourth-order valence-electron chi connectivity index (χ4n) is 1.96. The number of aliphatic carboxylic acids is 1. The Morgan fingerprint density at radius 1 is 1.55 bits per heavy atom. The molecule has 0 amide bonds. The van der Waals surface area contributed by atoms with Crippen LogP contribution in [0.5, 0.6) is 0 Å². The van der Waals surface area contributed by atoms with Gasteiger partial charge in [-0.1, -0.05) is 11.6 Å². The standard InChI is InChI=1S/C12H12ClN3O3S/c13-8-2-1-3-14-11(8)16-9(12(17)18)4-10(15-16)19-7-5-20-6-7/h1-3,7,9H,4-6H2,(H,17,18). The molecular weight excluding hydrogens is 302 g/mol. The van der Waals surface area contributed by atoms with Crippen molar-refractivity contribution in [3.63, 3.8) is 0 Å². The molecule has 1 unspecified atom stereocenters. The minimum Gasteiger partial charge on any atom is -0.480 e. The molecule has 106 valence electrons. The second-order valence-electron chi connectivity index (χ2n) is 4.48. The summed E-state index contributed by atoms with van der Waals surface area (Å²) in [7, 11) is 0. The molecule has 0 saturated carbocycles. The van der Waals surface area contributed by atoms with Gasteiger partial charge in [0.05, 0.1) is 11.4 Å². The van der Waals surface area contributed by atoms with Crippen LogP contribution in [0.15, 0.2) is 23.4 Å². The van der Waals surface area contributed by atoms with Crippen LogP contribution in [0.4, 0.5) is 5.82 Å². The second-order valence-corrected chi connectivity index (χ2v) is 5.96. The van der Waals surface area contributed by atoms with Crippen molar-refractivity contribution in [1.29, 1.82) is 0 Å². The third-order valence-corrected chi connectivity index (χ3v) is 4.54. The van der Waals surface area contributed by atoms with Gasteiger partial charge >= 0.3 is 5.97 Å². The molecule has 0 aromatic carbocycles. The highest BCUT2D eigenvalue weighted by Crippen LogP contribution is 2.30. The van der Waals surface area contributed by atoms with E-state index in [0.29, 0.717) is 16.7 Å². The minimum absolute atomic E-state index is 0.132. The molecule has 0 aliphatic carbocycles. The summed E-state index contributed by atoms with van der Waals surface area (Å²) in [5.41, 5.74) is 0. The highest BCUT2D eigenvalue weighted by molar-refractivity contribution is 8.00. The van der Waals surface area contributed by atoms with Gasteiger partial charge in [-0.25, -0.2) is 14.8 Å². The molecule has 1 aromatic heterocycles. The van der Waals surface area contributed by atoms with Gasteiger partial charge in [0.2, 0.25) is 5.90 Å². The Balaban J connectivity index is 1.84. The molecule has 1 fully saturated rings. The maximum absolute atomic E-state index is 11.4. The highest BCUT2D eigenvalue weighted by atomic mass is 35.5. The lowest BCUT2D eigenvalue weighted by atomic mass is 10.2. The number of carbonyl (C=O) groups is 1. The summed E-state index contributed by atoms with van der Waals surface area (Å²) in [5.74, 6) is 1.63. The molecule has 0 spiro atoms. The predicted molar refractivity (Wildman–Crippen MR) is 77.4 cm³/mol. The van der Waals surface area contributed by atoms with E-state index in [-0.39, 0.29) is 12.5 Å². The number of hydrogen-bond donors (Lipinski definition) is 1. The number of ether oxygens (including phenoxy) is 1. The maximum atomic E-state index is 11.4. The van der Waals surface area contributed by atoms with E-state index in [1.54, 1.807) is 30.1 Å². The molecular formula is C12H12ClN3O3S. The first-order chi connectivity index (χ1) is 9.65. The van der Waals surface area contributed by atoms with E-state index >= 15 is 0 Å². The Kier molecular flexibility index (Phi) is 3.71. The average Bonchev–Trinajstić information content (AvgIpc) is 2.78. The van der Waals surface area contributed by atoms with Crippen molar-refractivity contribution < 1.29 is 14.6 Å². The van der Waals surface area contributed by atoms with Gasteiger partial charge in [0.1, 0.15) is 6.10 Å². The summed E-state index contributed by atoms with van der Waals surface area (Å²) in [6.07, 6.45) is 1.91. The zero-order chi connectivity index (χ0) is 14.1. The number of thioether (sulfide) groups is 1. The smallest absolute Gasteiger partial charge is 0.329 e. The fraction of sp³-hybridized carbons (Fsp3) is 0.417. The number of anilines is 1.